The Morgan fingerprint density at radius 2 is 1.88 bits per heavy atom. The number of pyridine rings is 1. The van der Waals surface area contributed by atoms with Crippen LogP contribution < -0.4 is 4.74 Å². The van der Waals surface area contributed by atoms with Crippen LogP contribution in [0.2, 0.25) is 5.02 Å². The highest BCUT2D eigenvalue weighted by Gasteiger charge is 2.32. The second-order valence-electron chi connectivity index (χ2n) is 7.11. The minimum absolute atomic E-state index is 0.0789. The van der Waals surface area contributed by atoms with Crippen LogP contribution in [0.15, 0.2) is 76.6 Å². The molecule has 32 heavy (non-hydrogen) atoms. The Morgan fingerprint density at radius 1 is 1.09 bits per heavy atom. The standard InChI is InChI=1S/C25H22ClN3O2S/c1-3-29-24(30)22(32-25(29)28-23-14-8-9-17(2)27-23)15-18-10-5-7-13-21(18)31-16-19-11-4-6-12-20(19)26/h4-15H,3,16H2,1-2H3/b22-15-,28-25+. The number of thioether (sulfide) groups is 1. The third-order valence-corrected chi connectivity index (χ3v) is 6.21. The van der Waals surface area contributed by atoms with Crippen LogP contribution in [0.1, 0.15) is 23.7 Å². The monoisotopic (exact) mass is 463 g/mol. The number of carbonyl (C=O) groups is 1. The number of rotatable bonds is 6. The fourth-order valence-electron chi connectivity index (χ4n) is 3.20. The van der Waals surface area contributed by atoms with Gasteiger partial charge < -0.3 is 4.74 Å². The van der Waals surface area contributed by atoms with Gasteiger partial charge in [0.05, 0.1) is 4.91 Å². The zero-order valence-corrected chi connectivity index (χ0v) is 19.4. The number of likely N-dealkylation sites (N-methyl/N-ethyl adjacent to an activating group) is 1. The first kappa shape index (κ1) is 22.1. The summed E-state index contributed by atoms with van der Waals surface area (Å²) in [4.78, 5) is 24.3. The number of amides is 1. The first-order valence-corrected chi connectivity index (χ1v) is 11.4. The Hall–Kier alpha value is -3.09. The molecule has 0 saturated carbocycles. The van der Waals surface area contributed by atoms with Crippen molar-refractivity contribution in [3.05, 3.63) is 93.5 Å². The highest BCUT2D eigenvalue weighted by Crippen LogP contribution is 2.35. The molecular weight excluding hydrogens is 442 g/mol. The molecule has 3 aromatic rings. The number of carbonyl (C=O) groups excluding carboxylic acids is 1. The quantitative estimate of drug-likeness (QED) is 0.405. The predicted molar refractivity (Wildman–Crippen MR) is 131 cm³/mol. The van der Waals surface area contributed by atoms with Crippen molar-refractivity contribution >= 4 is 46.3 Å². The van der Waals surface area contributed by atoms with Gasteiger partial charge in [-0.2, -0.15) is 0 Å². The van der Waals surface area contributed by atoms with Crippen LogP contribution >= 0.6 is 23.4 Å². The number of hydrogen-bond acceptors (Lipinski definition) is 5. The molecule has 0 spiro atoms. The number of halogens is 1. The third-order valence-electron chi connectivity index (χ3n) is 4.83. The van der Waals surface area contributed by atoms with E-state index in [1.165, 1.54) is 11.8 Å². The Bertz CT molecular complexity index is 1210. The number of para-hydroxylation sites is 1. The molecule has 1 aliphatic rings. The lowest BCUT2D eigenvalue weighted by atomic mass is 10.1. The van der Waals surface area contributed by atoms with Crippen LogP contribution in [-0.4, -0.2) is 27.5 Å². The molecule has 0 unspecified atom stereocenters. The number of nitrogens with zero attached hydrogens (tertiary/aromatic N) is 3. The normalized spacial score (nSPS) is 16.2. The molecule has 1 aromatic heterocycles. The SMILES string of the molecule is CCN1C(=O)/C(=C/c2ccccc2OCc2ccccc2Cl)S/C1=N/c1cccc(C)n1. The van der Waals surface area contributed by atoms with E-state index in [9.17, 15) is 4.79 Å². The Labute approximate surface area is 196 Å². The van der Waals surface area contributed by atoms with Crippen molar-refractivity contribution in [3.63, 3.8) is 0 Å². The van der Waals surface area contributed by atoms with Gasteiger partial charge in [-0.3, -0.25) is 9.69 Å². The van der Waals surface area contributed by atoms with Gasteiger partial charge in [-0.25, -0.2) is 9.98 Å². The summed E-state index contributed by atoms with van der Waals surface area (Å²) in [6.07, 6.45) is 1.85. The van der Waals surface area contributed by atoms with Gasteiger partial charge in [-0.1, -0.05) is 54.1 Å². The summed E-state index contributed by atoms with van der Waals surface area (Å²) in [6, 6.07) is 20.9. The average molecular weight is 464 g/mol. The maximum Gasteiger partial charge on any atom is 0.266 e. The number of hydrogen-bond donors (Lipinski definition) is 0. The van der Waals surface area contributed by atoms with Gasteiger partial charge in [-0.05, 0) is 56.0 Å². The molecule has 0 radical (unpaired) electrons. The van der Waals surface area contributed by atoms with Gasteiger partial charge in [0, 0.05) is 28.4 Å². The van der Waals surface area contributed by atoms with Crippen molar-refractivity contribution in [1.82, 2.24) is 9.88 Å². The van der Waals surface area contributed by atoms with Gasteiger partial charge in [0.25, 0.3) is 5.91 Å². The molecule has 2 heterocycles. The lowest BCUT2D eigenvalue weighted by molar-refractivity contribution is -0.122. The van der Waals surface area contributed by atoms with Gasteiger partial charge in [0.2, 0.25) is 0 Å². The molecule has 0 bridgehead atoms. The molecule has 0 N–H and O–H groups in total. The van der Waals surface area contributed by atoms with E-state index >= 15 is 0 Å². The summed E-state index contributed by atoms with van der Waals surface area (Å²) < 4.78 is 6.03. The Morgan fingerprint density at radius 3 is 2.66 bits per heavy atom. The van der Waals surface area contributed by atoms with Crippen molar-refractivity contribution in [2.24, 2.45) is 4.99 Å². The number of ether oxygens (including phenoxy) is 1. The van der Waals surface area contributed by atoms with Crippen LogP contribution in [0, 0.1) is 6.92 Å². The average Bonchev–Trinajstić information content (AvgIpc) is 3.08. The summed E-state index contributed by atoms with van der Waals surface area (Å²) >= 11 is 7.59. The second-order valence-corrected chi connectivity index (χ2v) is 8.53. The van der Waals surface area contributed by atoms with Gasteiger partial charge in [0.15, 0.2) is 11.0 Å². The van der Waals surface area contributed by atoms with Gasteiger partial charge in [0.1, 0.15) is 12.4 Å². The summed E-state index contributed by atoms with van der Waals surface area (Å²) in [6.45, 7) is 4.71. The van der Waals surface area contributed by atoms with Crippen molar-refractivity contribution in [1.29, 1.82) is 0 Å². The van der Waals surface area contributed by atoms with Crippen LogP contribution in [0.3, 0.4) is 0 Å². The molecule has 0 aliphatic carbocycles. The van der Waals surface area contributed by atoms with E-state index in [0.29, 0.717) is 39.8 Å². The molecule has 1 fully saturated rings. The molecule has 1 amide bonds. The first-order valence-electron chi connectivity index (χ1n) is 10.2. The van der Waals surface area contributed by atoms with E-state index in [1.54, 1.807) is 4.90 Å². The van der Waals surface area contributed by atoms with Gasteiger partial charge >= 0.3 is 0 Å². The summed E-state index contributed by atoms with van der Waals surface area (Å²) in [5.74, 6) is 1.19. The Balaban J connectivity index is 1.60. The van der Waals surface area contributed by atoms with E-state index < -0.39 is 0 Å². The minimum Gasteiger partial charge on any atom is -0.488 e. The number of benzene rings is 2. The third kappa shape index (κ3) is 5.03. The Kier molecular flexibility index (Phi) is 6.93. The molecule has 162 valence electrons. The van der Waals surface area contributed by atoms with Crippen molar-refractivity contribution in [2.75, 3.05) is 6.54 Å². The number of amidine groups is 1. The fourth-order valence-corrected chi connectivity index (χ4v) is 4.43. The summed E-state index contributed by atoms with van der Waals surface area (Å²) in [7, 11) is 0. The van der Waals surface area contributed by atoms with Crippen molar-refractivity contribution in [3.8, 4) is 5.75 Å². The van der Waals surface area contributed by atoms with Crippen LogP contribution in [0.5, 0.6) is 5.75 Å². The topological polar surface area (TPSA) is 54.8 Å². The van der Waals surface area contributed by atoms with E-state index in [-0.39, 0.29) is 5.91 Å². The zero-order chi connectivity index (χ0) is 22.5. The number of aliphatic imine (C=N–C) groups is 1. The van der Waals surface area contributed by atoms with Crippen molar-refractivity contribution in [2.45, 2.75) is 20.5 Å². The molecule has 1 saturated heterocycles. The predicted octanol–water partition coefficient (Wildman–Crippen LogP) is 6.25. The zero-order valence-electron chi connectivity index (χ0n) is 17.8. The van der Waals surface area contributed by atoms with Gasteiger partial charge in [-0.15, -0.1) is 0 Å². The maximum atomic E-state index is 13.0. The van der Waals surface area contributed by atoms with E-state index in [1.807, 2.05) is 86.7 Å². The molecule has 7 heteroatoms. The summed E-state index contributed by atoms with van der Waals surface area (Å²) in [5.41, 5.74) is 2.60. The fraction of sp³-hybridized carbons (Fsp3) is 0.160. The van der Waals surface area contributed by atoms with E-state index in [4.69, 9.17) is 16.3 Å². The molecule has 0 atom stereocenters. The highest BCUT2D eigenvalue weighted by molar-refractivity contribution is 8.18. The first-order chi connectivity index (χ1) is 15.5. The lowest BCUT2D eigenvalue weighted by Gasteiger charge is -2.12. The van der Waals surface area contributed by atoms with Crippen molar-refractivity contribution < 1.29 is 9.53 Å². The molecular formula is C25H22ClN3O2S. The molecule has 4 rings (SSSR count). The number of aromatic nitrogens is 1. The van der Waals surface area contributed by atoms with Crippen LogP contribution in [-0.2, 0) is 11.4 Å². The molecule has 1 aliphatic heterocycles. The second kappa shape index (κ2) is 10.0. The van der Waals surface area contributed by atoms with Crippen LogP contribution in [0.25, 0.3) is 6.08 Å². The number of aryl methyl sites for hydroxylation is 1. The maximum absolute atomic E-state index is 13.0. The van der Waals surface area contributed by atoms with E-state index in [0.717, 1.165) is 16.8 Å². The van der Waals surface area contributed by atoms with Crippen LogP contribution in [0.4, 0.5) is 5.82 Å². The minimum atomic E-state index is -0.0789. The lowest BCUT2D eigenvalue weighted by Crippen LogP contribution is -2.28. The highest BCUT2D eigenvalue weighted by atomic mass is 35.5. The van der Waals surface area contributed by atoms with E-state index in [2.05, 4.69) is 9.98 Å². The molecule has 2 aromatic carbocycles. The largest absolute Gasteiger partial charge is 0.488 e. The summed E-state index contributed by atoms with van der Waals surface area (Å²) in [5, 5.41) is 1.28. The smallest absolute Gasteiger partial charge is 0.266 e. The molecule has 5 nitrogen and oxygen atoms in total.